The van der Waals surface area contributed by atoms with Gasteiger partial charge in [-0.3, -0.25) is 4.79 Å². The maximum atomic E-state index is 9.85. The zero-order chi connectivity index (χ0) is 7.11. The summed E-state index contributed by atoms with van der Waals surface area (Å²) in [5, 5.41) is 16.3. The van der Waals surface area contributed by atoms with Gasteiger partial charge in [0.05, 0.1) is 6.42 Å². The van der Waals surface area contributed by atoms with Crippen molar-refractivity contribution in [2.45, 2.75) is 12.8 Å². The third kappa shape index (κ3) is 7.17. The molecule has 0 saturated heterocycles. The predicted molar refractivity (Wildman–Crippen MR) is 33.1 cm³/mol. The third-order valence-electron chi connectivity index (χ3n) is 0.755. The largest absolute Gasteiger partial charge is 0.481 e. The molecule has 0 bridgehead atoms. The van der Waals surface area contributed by atoms with Gasteiger partial charge in [-0.05, 0) is 6.42 Å². The Morgan fingerprint density at radius 2 is 2.11 bits per heavy atom. The summed E-state index contributed by atoms with van der Waals surface area (Å²) in [5.41, 5.74) is 0. The Kier molecular flexibility index (Phi) is 4.82. The van der Waals surface area contributed by atoms with E-state index in [0.717, 1.165) is 0 Å². The first-order valence-corrected chi connectivity index (χ1v) is 2.75. The fraction of sp³-hybridized carbons (Fsp3) is 0.500. The summed E-state index contributed by atoms with van der Waals surface area (Å²) in [7, 11) is 0. The van der Waals surface area contributed by atoms with E-state index in [-0.39, 0.29) is 13.0 Å². The minimum Gasteiger partial charge on any atom is -0.481 e. The molecule has 3 heteroatoms. The molecule has 0 atom stereocenters. The molecule has 0 rings (SSSR count). The van der Waals surface area contributed by atoms with Crippen LogP contribution in [0.2, 0.25) is 0 Å². The van der Waals surface area contributed by atoms with Crippen LogP contribution in [0.15, 0.2) is 12.2 Å². The maximum Gasteiger partial charge on any atom is 0.307 e. The molecule has 0 aromatic carbocycles. The van der Waals surface area contributed by atoms with Gasteiger partial charge in [0.1, 0.15) is 0 Å². The molecule has 0 saturated carbocycles. The van der Waals surface area contributed by atoms with Gasteiger partial charge in [0.25, 0.3) is 0 Å². The Labute approximate surface area is 53.6 Å². The smallest absolute Gasteiger partial charge is 0.307 e. The average Bonchev–Trinajstić information content (AvgIpc) is 1.80. The summed E-state index contributed by atoms with van der Waals surface area (Å²) < 4.78 is 0. The fourth-order valence-corrected chi connectivity index (χ4v) is 0.377. The van der Waals surface area contributed by atoms with Crippen LogP contribution < -0.4 is 0 Å². The van der Waals surface area contributed by atoms with Gasteiger partial charge in [-0.1, -0.05) is 12.2 Å². The van der Waals surface area contributed by atoms with E-state index in [0.29, 0.717) is 6.42 Å². The van der Waals surface area contributed by atoms with Crippen molar-refractivity contribution in [2.75, 3.05) is 6.61 Å². The summed E-state index contributed by atoms with van der Waals surface area (Å²) in [4.78, 5) is 9.85. The molecule has 0 aromatic heterocycles. The van der Waals surface area contributed by atoms with Crippen LogP contribution >= 0.6 is 0 Å². The Morgan fingerprint density at radius 1 is 1.44 bits per heavy atom. The molecular formula is C6H10O3. The SMILES string of the molecule is O=C(O)C/C=C/CCO. The minimum atomic E-state index is -0.843. The maximum absolute atomic E-state index is 9.85. The van der Waals surface area contributed by atoms with E-state index >= 15 is 0 Å². The summed E-state index contributed by atoms with van der Waals surface area (Å²) in [5.74, 6) is -0.843. The molecule has 3 nitrogen and oxygen atoms in total. The van der Waals surface area contributed by atoms with Crippen LogP contribution in [0.5, 0.6) is 0 Å². The summed E-state index contributed by atoms with van der Waals surface area (Å²) in [6, 6.07) is 0. The number of hydrogen-bond donors (Lipinski definition) is 2. The van der Waals surface area contributed by atoms with Crippen LogP contribution in [0.25, 0.3) is 0 Å². The first kappa shape index (κ1) is 8.17. The Hall–Kier alpha value is -0.830. The molecule has 0 fully saturated rings. The summed E-state index contributed by atoms with van der Waals surface area (Å²) in [6.07, 6.45) is 3.75. The molecule has 0 aromatic rings. The van der Waals surface area contributed by atoms with E-state index in [2.05, 4.69) is 0 Å². The Balaban J connectivity index is 3.14. The van der Waals surface area contributed by atoms with Crippen LogP contribution in [-0.2, 0) is 4.79 Å². The molecule has 0 aliphatic carbocycles. The van der Waals surface area contributed by atoms with E-state index in [1.165, 1.54) is 6.08 Å². The summed E-state index contributed by atoms with van der Waals surface area (Å²) >= 11 is 0. The van der Waals surface area contributed by atoms with Crippen molar-refractivity contribution in [2.24, 2.45) is 0 Å². The van der Waals surface area contributed by atoms with Crippen molar-refractivity contribution in [1.29, 1.82) is 0 Å². The highest BCUT2D eigenvalue weighted by molar-refractivity contribution is 5.68. The molecule has 9 heavy (non-hydrogen) atoms. The highest BCUT2D eigenvalue weighted by Gasteiger charge is 1.87. The lowest BCUT2D eigenvalue weighted by atomic mass is 10.3. The van der Waals surface area contributed by atoms with Crippen molar-refractivity contribution in [3.8, 4) is 0 Å². The zero-order valence-corrected chi connectivity index (χ0v) is 5.08. The van der Waals surface area contributed by atoms with E-state index in [9.17, 15) is 4.79 Å². The second kappa shape index (κ2) is 5.31. The average molecular weight is 130 g/mol. The molecular weight excluding hydrogens is 120 g/mol. The number of aliphatic hydroxyl groups is 1. The Bertz CT molecular complexity index is 107. The van der Waals surface area contributed by atoms with E-state index in [4.69, 9.17) is 10.2 Å². The molecule has 0 aliphatic heterocycles. The van der Waals surface area contributed by atoms with Crippen molar-refractivity contribution < 1.29 is 15.0 Å². The van der Waals surface area contributed by atoms with Crippen LogP contribution in [0.1, 0.15) is 12.8 Å². The Morgan fingerprint density at radius 3 is 2.56 bits per heavy atom. The number of carboxylic acids is 1. The molecule has 2 N–H and O–H groups in total. The lowest BCUT2D eigenvalue weighted by molar-refractivity contribution is -0.136. The third-order valence-corrected chi connectivity index (χ3v) is 0.755. The molecule has 0 spiro atoms. The molecule has 0 amide bonds. The van der Waals surface area contributed by atoms with Gasteiger partial charge < -0.3 is 10.2 Å². The highest BCUT2D eigenvalue weighted by Crippen LogP contribution is 1.85. The van der Waals surface area contributed by atoms with Crippen LogP contribution in [0.4, 0.5) is 0 Å². The van der Waals surface area contributed by atoms with E-state index < -0.39 is 5.97 Å². The van der Waals surface area contributed by atoms with Gasteiger partial charge in [0, 0.05) is 6.61 Å². The number of carbonyl (C=O) groups is 1. The number of aliphatic carboxylic acids is 1. The van der Waals surface area contributed by atoms with E-state index in [1.54, 1.807) is 6.08 Å². The van der Waals surface area contributed by atoms with E-state index in [1.807, 2.05) is 0 Å². The highest BCUT2D eigenvalue weighted by atomic mass is 16.4. The van der Waals surface area contributed by atoms with Crippen LogP contribution in [0.3, 0.4) is 0 Å². The lowest BCUT2D eigenvalue weighted by Crippen LogP contribution is -1.89. The van der Waals surface area contributed by atoms with Gasteiger partial charge in [0.15, 0.2) is 0 Å². The molecule has 0 radical (unpaired) electrons. The fourth-order valence-electron chi connectivity index (χ4n) is 0.377. The molecule has 0 aliphatic rings. The van der Waals surface area contributed by atoms with Crippen molar-refractivity contribution >= 4 is 5.97 Å². The quantitative estimate of drug-likeness (QED) is 0.541. The number of rotatable bonds is 4. The molecule has 52 valence electrons. The van der Waals surface area contributed by atoms with Gasteiger partial charge >= 0.3 is 5.97 Å². The number of hydrogen-bond acceptors (Lipinski definition) is 2. The summed E-state index contributed by atoms with van der Waals surface area (Å²) in [6.45, 7) is 0.0795. The monoisotopic (exact) mass is 130 g/mol. The predicted octanol–water partition coefficient (Wildman–Crippen LogP) is 0.400. The zero-order valence-electron chi connectivity index (χ0n) is 5.08. The first-order valence-electron chi connectivity index (χ1n) is 2.75. The number of carboxylic acid groups (broad SMARTS) is 1. The topological polar surface area (TPSA) is 57.5 Å². The van der Waals surface area contributed by atoms with Crippen molar-refractivity contribution in [3.05, 3.63) is 12.2 Å². The van der Waals surface area contributed by atoms with Gasteiger partial charge in [-0.25, -0.2) is 0 Å². The van der Waals surface area contributed by atoms with Crippen LogP contribution in [0, 0.1) is 0 Å². The van der Waals surface area contributed by atoms with Gasteiger partial charge in [-0.2, -0.15) is 0 Å². The van der Waals surface area contributed by atoms with Gasteiger partial charge in [-0.15, -0.1) is 0 Å². The molecule has 0 heterocycles. The normalized spacial score (nSPS) is 10.3. The lowest BCUT2D eigenvalue weighted by Gasteiger charge is -1.83. The number of aliphatic hydroxyl groups excluding tert-OH is 1. The van der Waals surface area contributed by atoms with Crippen molar-refractivity contribution in [1.82, 2.24) is 0 Å². The molecule has 0 unspecified atom stereocenters. The second-order valence-electron chi connectivity index (χ2n) is 1.58. The van der Waals surface area contributed by atoms with Gasteiger partial charge in [0.2, 0.25) is 0 Å². The van der Waals surface area contributed by atoms with Crippen molar-refractivity contribution in [3.63, 3.8) is 0 Å². The van der Waals surface area contributed by atoms with Crippen LogP contribution in [-0.4, -0.2) is 22.8 Å². The second-order valence-corrected chi connectivity index (χ2v) is 1.58. The standard InChI is InChI=1S/C6H10O3/c7-5-3-1-2-4-6(8)9/h1-2,7H,3-5H2,(H,8,9)/b2-1+. The first-order chi connectivity index (χ1) is 4.27. The minimum absolute atomic E-state index is 0.0417.